The largest absolute Gasteiger partial charge is 0.472 e. The highest BCUT2D eigenvalue weighted by Gasteiger charge is 1.91. The SMILES string of the molecule is CC/C(C)=C/CCc1ccoc1. The Kier molecular flexibility index (Phi) is 3.65. The third-order valence-corrected chi connectivity index (χ3v) is 2.06. The van der Waals surface area contributed by atoms with Crippen LogP contribution < -0.4 is 0 Å². The van der Waals surface area contributed by atoms with E-state index in [1.54, 1.807) is 6.26 Å². The first kappa shape index (κ1) is 9.11. The van der Waals surface area contributed by atoms with E-state index in [9.17, 15) is 0 Å². The zero-order valence-corrected chi connectivity index (χ0v) is 7.84. The van der Waals surface area contributed by atoms with Crippen molar-refractivity contribution in [3.05, 3.63) is 35.8 Å². The summed E-state index contributed by atoms with van der Waals surface area (Å²) in [7, 11) is 0. The summed E-state index contributed by atoms with van der Waals surface area (Å²) in [6.45, 7) is 4.36. The van der Waals surface area contributed by atoms with E-state index in [1.807, 2.05) is 12.3 Å². The smallest absolute Gasteiger partial charge is 0.0934 e. The van der Waals surface area contributed by atoms with Crippen LogP contribution in [-0.2, 0) is 6.42 Å². The van der Waals surface area contributed by atoms with Gasteiger partial charge in [-0.15, -0.1) is 0 Å². The molecule has 1 aromatic rings. The zero-order valence-electron chi connectivity index (χ0n) is 7.84. The molecular formula is C11H16O. The van der Waals surface area contributed by atoms with Crippen molar-refractivity contribution in [3.8, 4) is 0 Å². The van der Waals surface area contributed by atoms with Gasteiger partial charge in [-0.05, 0) is 37.8 Å². The number of rotatable bonds is 4. The summed E-state index contributed by atoms with van der Waals surface area (Å²) < 4.78 is 4.98. The summed E-state index contributed by atoms with van der Waals surface area (Å²) in [5.41, 5.74) is 2.76. The Morgan fingerprint density at radius 1 is 1.58 bits per heavy atom. The molecule has 0 aliphatic heterocycles. The molecule has 1 rings (SSSR count). The van der Waals surface area contributed by atoms with E-state index in [2.05, 4.69) is 19.9 Å². The quantitative estimate of drug-likeness (QED) is 0.620. The first-order valence-electron chi connectivity index (χ1n) is 4.49. The van der Waals surface area contributed by atoms with Crippen LogP contribution in [0.2, 0.25) is 0 Å². The zero-order chi connectivity index (χ0) is 8.81. The molecule has 12 heavy (non-hydrogen) atoms. The maximum atomic E-state index is 4.98. The van der Waals surface area contributed by atoms with Gasteiger partial charge < -0.3 is 4.42 Å². The van der Waals surface area contributed by atoms with E-state index in [1.165, 1.54) is 11.1 Å². The molecule has 0 aliphatic carbocycles. The minimum atomic E-state index is 1.09. The number of hydrogen-bond acceptors (Lipinski definition) is 1. The van der Waals surface area contributed by atoms with Crippen molar-refractivity contribution in [2.24, 2.45) is 0 Å². The van der Waals surface area contributed by atoms with Gasteiger partial charge in [-0.2, -0.15) is 0 Å². The monoisotopic (exact) mass is 164 g/mol. The van der Waals surface area contributed by atoms with Crippen molar-refractivity contribution in [2.45, 2.75) is 33.1 Å². The molecule has 1 nitrogen and oxygen atoms in total. The average molecular weight is 164 g/mol. The molecule has 0 saturated heterocycles. The highest BCUT2D eigenvalue weighted by atomic mass is 16.3. The van der Waals surface area contributed by atoms with E-state index in [0.717, 1.165) is 19.3 Å². The van der Waals surface area contributed by atoms with E-state index in [0.29, 0.717) is 0 Å². The molecule has 0 saturated carbocycles. The third kappa shape index (κ3) is 2.95. The Morgan fingerprint density at radius 2 is 2.42 bits per heavy atom. The van der Waals surface area contributed by atoms with Crippen LogP contribution in [0.15, 0.2) is 34.7 Å². The second kappa shape index (κ2) is 4.81. The molecule has 0 atom stereocenters. The van der Waals surface area contributed by atoms with Gasteiger partial charge in [0, 0.05) is 0 Å². The molecule has 66 valence electrons. The molecule has 0 fully saturated rings. The maximum Gasteiger partial charge on any atom is 0.0934 e. The van der Waals surface area contributed by atoms with Crippen LogP contribution in [0.3, 0.4) is 0 Å². The van der Waals surface area contributed by atoms with Gasteiger partial charge >= 0.3 is 0 Å². The lowest BCUT2D eigenvalue weighted by Gasteiger charge is -1.94. The lowest BCUT2D eigenvalue weighted by Crippen LogP contribution is -1.79. The molecule has 0 N–H and O–H groups in total. The fourth-order valence-corrected chi connectivity index (χ4v) is 1.06. The van der Waals surface area contributed by atoms with Crippen LogP contribution >= 0.6 is 0 Å². The fraction of sp³-hybridized carbons (Fsp3) is 0.455. The highest BCUT2D eigenvalue weighted by molar-refractivity contribution is 5.07. The second-order valence-electron chi connectivity index (χ2n) is 3.07. The van der Waals surface area contributed by atoms with Crippen molar-refractivity contribution < 1.29 is 4.42 Å². The number of allylic oxidation sites excluding steroid dienone is 2. The summed E-state index contributed by atoms with van der Waals surface area (Å²) in [5, 5.41) is 0. The molecule has 0 spiro atoms. The Labute approximate surface area is 74.1 Å². The van der Waals surface area contributed by atoms with Gasteiger partial charge in [-0.1, -0.05) is 18.6 Å². The van der Waals surface area contributed by atoms with Crippen molar-refractivity contribution in [1.29, 1.82) is 0 Å². The molecule has 0 aliphatic rings. The molecule has 1 heterocycles. The molecule has 0 bridgehead atoms. The lowest BCUT2D eigenvalue weighted by atomic mass is 10.1. The lowest BCUT2D eigenvalue weighted by molar-refractivity contribution is 0.564. The van der Waals surface area contributed by atoms with Crippen molar-refractivity contribution in [3.63, 3.8) is 0 Å². The molecule has 1 heteroatoms. The highest BCUT2D eigenvalue weighted by Crippen LogP contribution is 2.06. The second-order valence-corrected chi connectivity index (χ2v) is 3.07. The standard InChI is InChI=1S/C11H16O/c1-3-10(2)5-4-6-11-7-8-12-9-11/h5,7-9H,3-4,6H2,1-2H3/b10-5+. The minimum absolute atomic E-state index is 1.09. The Bertz CT molecular complexity index is 232. The van der Waals surface area contributed by atoms with Crippen LogP contribution in [0.5, 0.6) is 0 Å². The predicted molar refractivity (Wildman–Crippen MR) is 51.1 cm³/mol. The molecule has 0 unspecified atom stereocenters. The van der Waals surface area contributed by atoms with Gasteiger partial charge in [-0.3, -0.25) is 0 Å². The molecule has 0 radical (unpaired) electrons. The summed E-state index contributed by atoms with van der Waals surface area (Å²) in [6, 6.07) is 2.02. The number of furan rings is 1. The summed E-state index contributed by atoms with van der Waals surface area (Å²) in [5.74, 6) is 0. The summed E-state index contributed by atoms with van der Waals surface area (Å²) >= 11 is 0. The first-order chi connectivity index (χ1) is 5.83. The Morgan fingerprint density at radius 3 is 3.00 bits per heavy atom. The van der Waals surface area contributed by atoms with Gasteiger partial charge in [0.2, 0.25) is 0 Å². The Balaban J connectivity index is 2.28. The molecule has 0 aromatic carbocycles. The van der Waals surface area contributed by atoms with Gasteiger partial charge in [0.25, 0.3) is 0 Å². The van der Waals surface area contributed by atoms with Gasteiger partial charge in [-0.25, -0.2) is 0 Å². The van der Waals surface area contributed by atoms with Crippen molar-refractivity contribution in [1.82, 2.24) is 0 Å². The first-order valence-corrected chi connectivity index (χ1v) is 4.49. The van der Waals surface area contributed by atoms with E-state index in [-0.39, 0.29) is 0 Å². The summed E-state index contributed by atoms with van der Waals surface area (Å²) in [4.78, 5) is 0. The van der Waals surface area contributed by atoms with Crippen LogP contribution in [0.4, 0.5) is 0 Å². The summed E-state index contributed by atoms with van der Waals surface area (Å²) in [6.07, 6.45) is 9.21. The van der Waals surface area contributed by atoms with Gasteiger partial charge in [0.15, 0.2) is 0 Å². The molecular weight excluding hydrogens is 148 g/mol. The Hall–Kier alpha value is -0.980. The van der Waals surface area contributed by atoms with Crippen molar-refractivity contribution >= 4 is 0 Å². The molecule has 0 amide bonds. The van der Waals surface area contributed by atoms with E-state index < -0.39 is 0 Å². The van der Waals surface area contributed by atoms with Gasteiger partial charge in [0.1, 0.15) is 0 Å². The van der Waals surface area contributed by atoms with Gasteiger partial charge in [0.05, 0.1) is 12.5 Å². The number of aryl methyl sites for hydroxylation is 1. The maximum absolute atomic E-state index is 4.98. The van der Waals surface area contributed by atoms with Crippen LogP contribution in [0.25, 0.3) is 0 Å². The van der Waals surface area contributed by atoms with E-state index in [4.69, 9.17) is 4.42 Å². The minimum Gasteiger partial charge on any atom is -0.472 e. The van der Waals surface area contributed by atoms with E-state index >= 15 is 0 Å². The average Bonchev–Trinajstić information content (AvgIpc) is 2.57. The van der Waals surface area contributed by atoms with Crippen LogP contribution in [0.1, 0.15) is 32.3 Å². The van der Waals surface area contributed by atoms with Crippen LogP contribution in [-0.4, -0.2) is 0 Å². The third-order valence-electron chi connectivity index (χ3n) is 2.06. The number of hydrogen-bond donors (Lipinski definition) is 0. The molecule has 1 aromatic heterocycles. The normalized spacial score (nSPS) is 12.0. The fourth-order valence-electron chi connectivity index (χ4n) is 1.06. The predicted octanol–water partition coefficient (Wildman–Crippen LogP) is 3.57. The van der Waals surface area contributed by atoms with Crippen LogP contribution in [0, 0.1) is 0 Å². The topological polar surface area (TPSA) is 13.1 Å². The van der Waals surface area contributed by atoms with Crippen molar-refractivity contribution in [2.75, 3.05) is 0 Å².